The molecule has 1 saturated carbocycles. The van der Waals surface area contributed by atoms with Gasteiger partial charge in [-0.15, -0.1) is 0 Å². The minimum Gasteiger partial charge on any atom is -0.444 e. The van der Waals surface area contributed by atoms with Crippen LogP contribution in [0.25, 0.3) is 0 Å². The quantitative estimate of drug-likeness (QED) is 0.803. The van der Waals surface area contributed by atoms with Gasteiger partial charge in [0.25, 0.3) is 0 Å². The lowest BCUT2D eigenvalue weighted by Crippen LogP contribution is -2.55. The van der Waals surface area contributed by atoms with Crippen LogP contribution in [-0.4, -0.2) is 41.6 Å². The van der Waals surface area contributed by atoms with Crippen molar-refractivity contribution >= 4 is 12.0 Å². The fraction of sp³-hybridized carbons (Fsp3) is 0.867. The molecule has 2 amide bonds. The zero-order valence-corrected chi connectivity index (χ0v) is 13.0. The molecule has 0 bridgehead atoms. The van der Waals surface area contributed by atoms with Gasteiger partial charge in [-0.05, 0) is 51.9 Å². The summed E-state index contributed by atoms with van der Waals surface area (Å²) in [5.41, 5.74) is -0.0924. The summed E-state index contributed by atoms with van der Waals surface area (Å²) in [6, 6.07) is 0.334. The Bertz CT molecular complexity index is 384. The zero-order valence-electron chi connectivity index (χ0n) is 13.0. The molecule has 1 spiro atoms. The number of hydrogen-bond acceptors (Lipinski definition) is 3. The van der Waals surface area contributed by atoms with Crippen molar-refractivity contribution in [3.63, 3.8) is 0 Å². The van der Waals surface area contributed by atoms with E-state index in [1.54, 1.807) is 6.92 Å². The predicted molar refractivity (Wildman–Crippen MR) is 76.3 cm³/mol. The standard InChI is InChI=1S/C15H26N2O3/c1-11(18)16-12-9-15(10-12)5-7-17(8-6-15)13(19)20-14(2,3)4/h12H,5-10H2,1-4H3,(H,16,18). The highest BCUT2D eigenvalue weighted by Crippen LogP contribution is 2.49. The van der Waals surface area contributed by atoms with E-state index in [9.17, 15) is 9.59 Å². The van der Waals surface area contributed by atoms with Crippen LogP contribution in [0.15, 0.2) is 0 Å². The van der Waals surface area contributed by atoms with Gasteiger partial charge in [-0.2, -0.15) is 0 Å². The maximum Gasteiger partial charge on any atom is 0.410 e. The lowest BCUT2D eigenvalue weighted by molar-refractivity contribution is -0.121. The fourth-order valence-electron chi connectivity index (χ4n) is 3.27. The molecular weight excluding hydrogens is 256 g/mol. The number of ether oxygens (including phenoxy) is 1. The summed E-state index contributed by atoms with van der Waals surface area (Å²) >= 11 is 0. The Morgan fingerprint density at radius 3 is 2.20 bits per heavy atom. The Morgan fingerprint density at radius 2 is 1.75 bits per heavy atom. The first kappa shape index (κ1) is 15.1. The lowest BCUT2D eigenvalue weighted by Gasteiger charge is -2.52. The van der Waals surface area contributed by atoms with Crippen molar-refractivity contribution in [1.82, 2.24) is 10.2 Å². The number of carbonyl (C=O) groups is 2. The summed E-state index contributed by atoms with van der Waals surface area (Å²) < 4.78 is 5.40. The maximum atomic E-state index is 12.0. The van der Waals surface area contributed by atoms with E-state index in [1.165, 1.54) is 0 Å². The van der Waals surface area contributed by atoms with Gasteiger partial charge >= 0.3 is 6.09 Å². The van der Waals surface area contributed by atoms with Crippen LogP contribution in [0.3, 0.4) is 0 Å². The normalized spacial score (nSPS) is 22.3. The van der Waals surface area contributed by atoms with Gasteiger partial charge in [0.1, 0.15) is 5.60 Å². The third kappa shape index (κ3) is 3.64. The van der Waals surface area contributed by atoms with Gasteiger partial charge in [-0.25, -0.2) is 4.79 Å². The summed E-state index contributed by atoms with van der Waals surface area (Å²) in [6.45, 7) is 8.76. The van der Waals surface area contributed by atoms with E-state index in [4.69, 9.17) is 4.74 Å². The Labute approximate surface area is 121 Å². The Hall–Kier alpha value is -1.26. The van der Waals surface area contributed by atoms with Crippen molar-refractivity contribution in [2.24, 2.45) is 5.41 Å². The molecule has 5 nitrogen and oxygen atoms in total. The Morgan fingerprint density at radius 1 is 1.20 bits per heavy atom. The van der Waals surface area contributed by atoms with Crippen molar-refractivity contribution in [2.75, 3.05) is 13.1 Å². The molecule has 0 aromatic heterocycles. The molecule has 0 unspecified atom stereocenters. The topological polar surface area (TPSA) is 58.6 Å². The average Bonchev–Trinajstić information content (AvgIpc) is 2.24. The number of hydrogen-bond donors (Lipinski definition) is 1. The first-order valence-electron chi connectivity index (χ1n) is 7.44. The summed E-state index contributed by atoms with van der Waals surface area (Å²) in [5, 5.41) is 2.97. The number of rotatable bonds is 1. The van der Waals surface area contributed by atoms with Crippen molar-refractivity contribution in [3.05, 3.63) is 0 Å². The van der Waals surface area contributed by atoms with Crippen molar-refractivity contribution in [2.45, 2.75) is 65.0 Å². The largest absolute Gasteiger partial charge is 0.444 e. The molecule has 0 aromatic rings. The van der Waals surface area contributed by atoms with Crippen LogP contribution >= 0.6 is 0 Å². The second kappa shape index (κ2) is 5.26. The molecule has 2 fully saturated rings. The summed E-state index contributed by atoms with van der Waals surface area (Å²) in [4.78, 5) is 24.8. The second-order valence-corrected chi connectivity index (χ2v) is 7.27. The van der Waals surface area contributed by atoms with Gasteiger partial charge in [0.2, 0.25) is 5.91 Å². The average molecular weight is 282 g/mol. The molecule has 1 saturated heterocycles. The molecule has 5 heteroatoms. The minimum atomic E-state index is -0.431. The van der Waals surface area contributed by atoms with Crippen molar-refractivity contribution in [1.29, 1.82) is 0 Å². The molecule has 0 aromatic carbocycles. The third-order valence-electron chi connectivity index (χ3n) is 4.24. The van der Waals surface area contributed by atoms with Gasteiger partial charge in [0, 0.05) is 26.1 Å². The zero-order chi connectivity index (χ0) is 15.0. The van der Waals surface area contributed by atoms with Crippen LogP contribution in [-0.2, 0) is 9.53 Å². The predicted octanol–water partition coefficient (Wildman–Crippen LogP) is 2.30. The molecule has 1 aliphatic carbocycles. The first-order valence-corrected chi connectivity index (χ1v) is 7.44. The molecule has 1 aliphatic heterocycles. The number of amides is 2. The maximum absolute atomic E-state index is 12.0. The van der Waals surface area contributed by atoms with Gasteiger partial charge in [-0.3, -0.25) is 4.79 Å². The van der Waals surface area contributed by atoms with E-state index < -0.39 is 5.60 Å². The van der Waals surface area contributed by atoms with Crippen LogP contribution in [0.2, 0.25) is 0 Å². The molecule has 0 atom stereocenters. The van der Waals surface area contributed by atoms with E-state index in [0.29, 0.717) is 11.5 Å². The number of likely N-dealkylation sites (tertiary alicyclic amines) is 1. The molecule has 114 valence electrons. The van der Waals surface area contributed by atoms with Crippen LogP contribution in [0.1, 0.15) is 53.4 Å². The van der Waals surface area contributed by atoms with Crippen molar-refractivity contribution < 1.29 is 14.3 Å². The van der Waals surface area contributed by atoms with E-state index in [2.05, 4.69) is 5.32 Å². The fourth-order valence-corrected chi connectivity index (χ4v) is 3.27. The number of nitrogens with zero attached hydrogens (tertiary/aromatic N) is 1. The van der Waals surface area contributed by atoms with Crippen LogP contribution < -0.4 is 5.32 Å². The van der Waals surface area contributed by atoms with E-state index >= 15 is 0 Å². The number of carbonyl (C=O) groups excluding carboxylic acids is 2. The molecule has 1 heterocycles. The van der Waals surface area contributed by atoms with E-state index in [0.717, 1.165) is 38.8 Å². The van der Waals surface area contributed by atoms with Crippen molar-refractivity contribution in [3.8, 4) is 0 Å². The lowest BCUT2D eigenvalue weighted by atomic mass is 9.60. The van der Waals surface area contributed by atoms with Crippen LogP contribution in [0.4, 0.5) is 4.79 Å². The van der Waals surface area contributed by atoms with Gasteiger partial charge in [0.15, 0.2) is 0 Å². The number of nitrogens with one attached hydrogen (secondary N) is 1. The first-order chi connectivity index (χ1) is 9.19. The van der Waals surface area contributed by atoms with Crippen LogP contribution in [0, 0.1) is 5.41 Å². The highest BCUT2D eigenvalue weighted by molar-refractivity contribution is 5.73. The molecule has 2 rings (SSSR count). The Balaban J connectivity index is 1.76. The van der Waals surface area contributed by atoms with Crippen LogP contribution in [0.5, 0.6) is 0 Å². The molecule has 0 radical (unpaired) electrons. The number of piperidine rings is 1. The summed E-state index contributed by atoms with van der Waals surface area (Å²) in [7, 11) is 0. The molecule has 2 aliphatic rings. The SMILES string of the molecule is CC(=O)NC1CC2(CCN(C(=O)OC(C)(C)C)CC2)C1. The second-order valence-electron chi connectivity index (χ2n) is 7.27. The summed E-state index contributed by atoms with van der Waals surface area (Å²) in [6.07, 6.45) is 3.93. The molecule has 20 heavy (non-hydrogen) atoms. The molecule has 1 N–H and O–H groups in total. The van der Waals surface area contributed by atoms with Gasteiger partial charge in [0.05, 0.1) is 0 Å². The highest BCUT2D eigenvalue weighted by atomic mass is 16.6. The molecular formula is C15H26N2O3. The minimum absolute atomic E-state index is 0.0519. The van der Waals surface area contributed by atoms with Gasteiger partial charge in [-0.1, -0.05) is 0 Å². The van der Waals surface area contributed by atoms with E-state index in [1.807, 2.05) is 25.7 Å². The highest BCUT2D eigenvalue weighted by Gasteiger charge is 2.46. The van der Waals surface area contributed by atoms with Gasteiger partial charge < -0.3 is 15.0 Å². The summed E-state index contributed by atoms with van der Waals surface area (Å²) in [5.74, 6) is 0.0519. The van der Waals surface area contributed by atoms with E-state index in [-0.39, 0.29) is 12.0 Å². The monoisotopic (exact) mass is 282 g/mol. The third-order valence-corrected chi connectivity index (χ3v) is 4.24. The smallest absolute Gasteiger partial charge is 0.410 e. The Kier molecular flexibility index (Phi) is 3.98.